The molecule has 37 heavy (non-hydrogen) atoms. The molecule has 0 saturated heterocycles. The lowest BCUT2D eigenvalue weighted by atomic mass is 9.85. The molecule has 5 rings (SSSR count). The molecule has 0 unspecified atom stereocenters. The number of carboxylic acid groups (broad SMARTS) is 1. The van der Waals surface area contributed by atoms with Gasteiger partial charge in [-0.15, -0.1) is 0 Å². The molecule has 2 heterocycles. The number of fused-ring (bicyclic) bond motifs is 1. The first kappa shape index (κ1) is 24.7. The van der Waals surface area contributed by atoms with Crippen LogP contribution in [-0.4, -0.2) is 37.1 Å². The van der Waals surface area contributed by atoms with E-state index in [4.69, 9.17) is 9.84 Å². The minimum Gasteiger partial charge on any atom is -0.481 e. The van der Waals surface area contributed by atoms with Crippen LogP contribution >= 0.6 is 0 Å². The van der Waals surface area contributed by atoms with Gasteiger partial charge in [0, 0.05) is 12.0 Å². The fourth-order valence-electron chi connectivity index (χ4n) is 4.58. The summed E-state index contributed by atoms with van der Waals surface area (Å²) in [7, 11) is 0. The molecule has 0 atom stereocenters. The summed E-state index contributed by atoms with van der Waals surface area (Å²) in [5.41, 5.74) is 0.628. The number of alkyl halides is 3. The number of nitrogens with zero attached hydrogens (tertiary/aromatic N) is 3. The Kier molecular flexibility index (Phi) is 6.53. The molecule has 0 spiro atoms. The number of imidazole rings is 1. The topological polar surface area (TPSA) is 101 Å². The van der Waals surface area contributed by atoms with Gasteiger partial charge in [-0.3, -0.25) is 4.79 Å². The van der Waals surface area contributed by atoms with Gasteiger partial charge in [0.1, 0.15) is 17.7 Å². The number of carbonyl (C=O) groups is 1. The molecule has 0 radical (unpaired) electrons. The van der Waals surface area contributed by atoms with Crippen molar-refractivity contribution >= 4 is 17.0 Å². The summed E-state index contributed by atoms with van der Waals surface area (Å²) < 4.78 is 59.8. The van der Waals surface area contributed by atoms with Gasteiger partial charge in [0.25, 0.3) is 0 Å². The minimum absolute atomic E-state index is 0.0575. The number of aromatic nitrogens is 4. The number of rotatable bonds is 6. The first-order valence-corrected chi connectivity index (χ1v) is 11.7. The van der Waals surface area contributed by atoms with Crippen LogP contribution in [0.2, 0.25) is 0 Å². The molecule has 7 nitrogen and oxygen atoms in total. The smallest absolute Gasteiger partial charge is 0.416 e. The van der Waals surface area contributed by atoms with Crippen LogP contribution in [0.25, 0.3) is 33.7 Å². The van der Waals surface area contributed by atoms with Crippen molar-refractivity contribution in [3.8, 4) is 28.5 Å². The summed E-state index contributed by atoms with van der Waals surface area (Å²) in [5.74, 6) is -0.782. The van der Waals surface area contributed by atoms with Crippen LogP contribution in [0.15, 0.2) is 48.8 Å². The quantitative estimate of drug-likeness (QED) is 0.295. The first-order chi connectivity index (χ1) is 17.7. The highest BCUT2D eigenvalue weighted by atomic mass is 19.4. The van der Waals surface area contributed by atoms with Crippen molar-refractivity contribution in [1.29, 1.82) is 0 Å². The summed E-state index contributed by atoms with van der Waals surface area (Å²) in [4.78, 5) is 26.4. The Morgan fingerprint density at radius 1 is 1.05 bits per heavy atom. The van der Waals surface area contributed by atoms with Gasteiger partial charge in [-0.25, -0.2) is 19.3 Å². The van der Waals surface area contributed by atoms with Crippen molar-refractivity contribution in [2.24, 2.45) is 5.92 Å². The third-order valence-corrected chi connectivity index (χ3v) is 6.50. The molecule has 2 N–H and O–H groups in total. The number of carboxylic acids is 1. The molecule has 0 amide bonds. The second-order valence-corrected chi connectivity index (χ2v) is 9.11. The Hall–Kier alpha value is -4.02. The number of hydrogen-bond donors (Lipinski definition) is 2. The second-order valence-electron chi connectivity index (χ2n) is 9.11. The largest absolute Gasteiger partial charge is 0.481 e. The Morgan fingerprint density at radius 3 is 2.49 bits per heavy atom. The van der Waals surface area contributed by atoms with Gasteiger partial charge in [0.15, 0.2) is 0 Å². The summed E-state index contributed by atoms with van der Waals surface area (Å²) >= 11 is 0. The lowest BCUT2D eigenvalue weighted by molar-refractivity contribution is -0.139. The Morgan fingerprint density at radius 2 is 1.84 bits per heavy atom. The highest BCUT2D eigenvalue weighted by Gasteiger charge is 2.31. The molecule has 0 bridgehead atoms. The van der Waals surface area contributed by atoms with Gasteiger partial charge in [-0.1, -0.05) is 6.07 Å². The molecular weight excluding hydrogens is 492 g/mol. The molecule has 4 aromatic rings. The normalized spacial score (nSPS) is 18.2. The zero-order chi connectivity index (χ0) is 26.2. The van der Waals surface area contributed by atoms with Gasteiger partial charge >= 0.3 is 12.1 Å². The highest BCUT2D eigenvalue weighted by Crippen LogP contribution is 2.33. The van der Waals surface area contributed by atoms with E-state index in [0.717, 1.165) is 37.8 Å². The maximum atomic E-state index is 15.0. The number of ether oxygens (including phenoxy) is 1. The van der Waals surface area contributed by atoms with Crippen LogP contribution in [-0.2, 0) is 11.0 Å². The summed E-state index contributed by atoms with van der Waals surface area (Å²) in [6.45, 7) is 0. The van der Waals surface area contributed by atoms with Gasteiger partial charge in [0.2, 0.25) is 5.88 Å². The first-order valence-electron chi connectivity index (χ1n) is 11.7. The van der Waals surface area contributed by atoms with E-state index in [-0.39, 0.29) is 35.3 Å². The van der Waals surface area contributed by atoms with Crippen LogP contribution in [0, 0.1) is 11.7 Å². The van der Waals surface area contributed by atoms with Crippen LogP contribution in [0.1, 0.15) is 37.7 Å². The molecule has 11 heteroatoms. The van der Waals surface area contributed by atoms with Crippen LogP contribution in [0.3, 0.4) is 0 Å². The third kappa shape index (κ3) is 5.55. The zero-order valence-electron chi connectivity index (χ0n) is 19.4. The molecule has 1 fully saturated rings. The van der Waals surface area contributed by atoms with Gasteiger partial charge in [-0.2, -0.15) is 13.2 Å². The Balaban J connectivity index is 1.27. The number of H-pyrrole nitrogens is 1. The summed E-state index contributed by atoms with van der Waals surface area (Å²) in [5, 5.41) is 8.93. The van der Waals surface area contributed by atoms with Gasteiger partial charge < -0.3 is 14.8 Å². The minimum atomic E-state index is -4.49. The van der Waals surface area contributed by atoms with E-state index < -0.39 is 23.5 Å². The van der Waals surface area contributed by atoms with Crippen molar-refractivity contribution in [1.82, 2.24) is 19.9 Å². The van der Waals surface area contributed by atoms with Crippen molar-refractivity contribution in [2.45, 2.75) is 44.4 Å². The molecule has 0 aliphatic heterocycles. The maximum Gasteiger partial charge on any atom is 0.416 e. The van der Waals surface area contributed by atoms with E-state index in [0.29, 0.717) is 22.7 Å². The number of aliphatic carboxylic acids is 1. The van der Waals surface area contributed by atoms with Crippen molar-refractivity contribution < 1.29 is 32.2 Å². The van der Waals surface area contributed by atoms with Crippen molar-refractivity contribution in [2.75, 3.05) is 0 Å². The number of halogens is 4. The standard InChI is InChI=1S/C26H22F4N4O3/c27-19-10-15(3-7-18(19)25-33-20-8-4-16(26(28,29)30)11-21(20)34-25)22-12-32-23(13-31-22)37-17-5-1-14(2-6-17)9-24(35)36/h3-4,7-8,10-14,17H,1-2,5-6,9H2,(H,33,34)(H,35,36). The fourth-order valence-corrected chi connectivity index (χ4v) is 4.58. The van der Waals surface area contributed by atoms with Crippen LogP contribution in [0.5, 0.6) is 5.88 Å². The lowest BCUT2D eigenvalue weighted by Crippen LogP contribution is -2.25. The number of benzene rings is 2. The number of aromatic amines is 1. The third-order valence-electron chi connectivity index (χ3n) is 6.50. The van der Waals surface area contributed by atoms with E-state index >= 15 is 0 Å². The number of nitrogens with one attached hydrogen (secondary N) is 1. The van der Waals surface area contributed by atoms with E-state index in [9.17, 15) is 22.4 Å². The van der Waals surface area contributed by atoms with Crippen molar-refractivity contribution in [3.63, 3.8) is 0 Å². The van der Waals surface area contributed by atoms with E-state index in [1.807, 2.05) is 0 Å². The fraction of sp³-hybridized carbons (Fsp3) is 0.308. The van der Waals surface area contributed by atoms with Crippen molar-refractivity contribution in [3.05, 3.63) is 60.2 Å². The Bertz CT molecular complexity index is 1430. The van der Waals surface area contributed by atoms with Crippen LogP contribution in [0.4, 0.5) is 17.6 Å². The monoisotopic (exact) mass is 514 g/mol. The van der Waals surface area contributed by atoms with Gasteiger partial charge in [0.05, 0.1) is 40.2 Å². The maximum absolute atomic E-state index is 15.0. The zero-order valence-corrected chi connectivity index (χ0v) is 19.4. The van der Waals surface area contributed by atoms with E-state index in [2.05, 4.69) is 19.9 Å². The molecule has 192 valence electrons. The molecule has 1 saturated carbocycles. The average molecular weight is 514 g/mol. The molecule has 1 aliphatic carbocycles. The second kappa shape index (κ2) is 9.79. The predicted octanol–water partition coefficient (Wildman–Crippen LogP) is 6.26. The highest BCUT2D eigenvalue weighted by molar-refractivity contribution is 5.80. The molecule has 2 aromatic carbocycles. The summed E-state index contributed by atoms with van der Waals surface area (Å²) in [6, 6.07) is 7.49. The SMILES string of the molecule is O=C(O)CC1CCC(Oc2cnc(-c3ccc(-c4nc5ccc(C(F)(F)F)cc5[nH]4)c(F)c3)cn2)CC1. The number of hydrogen-bond acceptors (Lipinski definition) is 5. The van der Waals surface area contributed by atoms with E-state index in [1.54, 1.807) is 6.07 Å². The van der Waals surface area contributed by atoms with Crippen LogP contribution < -0.4 is 4.74 Å². The molecular formula is C26H22F4N4O3. The summed E-state index contributed by atoms with van der Waals surface area (Å²) in [6.07, 6.45) is 1.60. The Labute approximate surface area is 208 Å². The van der Waals surface area contributed by atoms with E-state index in [1.165, 1.54) is 30.6 Å². The predicted molar refractivity (Wildman–Crippen MR) is 126 cm³/mol. The molecule has 2 aromatic heterocycles. The van der Waals surface area contributed by atoms with Gasteiger partial charge in [-0.05, 0) is 61.9 Å². The average Bonchev–Trinajstić information content (AvgIpc) is 3.28. The lowest BCUT2D eigenvalue weighted by Gasteiger charge is -2.27. The molecule has 1 aliphatic rings.